The van der Waals surface area contributed by atoms with Crippen molar-refractivity contribution in [3.63, 3.8) is 0 Å². The van der Waals surface area contributed by atoms with Gasteiger partial charge in [-0.3, -0.25) is 4.90 Å². The van der Waals surface area contributed by atoms with Crippen LogP contribution in [0.1, 0.15) is 32.2 Å². The van der Waals surface area contributed by atoms with E-state index < -0.39 is 11.7 Å². The third-order valence-corrected chi connectivity index (χ3v) is 4.33. The van der Waals surface area contributed by atoms with Gasteiger partial charge in [-0.25, -0.2) is 4.79 Å². The minimum absolute atomic E-state index is 0.107. The van der Waals surface area contributed by atoms with Crippen molar-refractivity contribution in [1.82, 2.24) is 30.6 Å². The number of nitrogens with one attached hydrogen (secondary N) is 1. The number of rotatable bonds is 6. The second kappa shape index (κ2) is 8.42. The second-order valence-electron chi connectivity index (χ2n) is 7.91. The lowest BCUT2D eigenvalue weighted by Crippen LogP contribution is -2.36. The van der Waals surface area contributed by atoms with Crippen molar-refractivity contribution in [3.8, 4) is 0 Å². The van der Waals surface area contributed by atoms with Crippen LogP contribution in [-0.2, 0) is 17.9 Å². The van der Waals surface area contributed by atoms with Crippen molar-refractivity contribution in [2.24, 2.45) is 0 Å². The summed E-state index contributed by atoms with van der Waals surface area (Å²) in [6.45, 7) is 5.94. The van der Waals surface area contributed by atoms with Gasteiger partial charge in [0.1, 0.15) is 17.7 Å². The van der Waals surface area contributed by atoms with Gasteiger partial charge in [-0.15, -0.1) is 15.3 Å². The number of anilines is 1. The molecule has 4 rings (SSSR count). The normalized spacial score (nSPS) is 11.5. The van der Waals surface area contributed by atoms with Crippen LogP contribution in [0.2, 0.25) is 0 Å². The number of aromatic amines is 1. The molecule has 0 saturated heterocycles. The Bertz CT molecular complexity index is 1150. The van der Waals surface area contributed by atoms with Gasteiger partial charge in [0.25, 0.3) is 0 Å². The molecule has 0 bridgehead atoms. The van der Waals surface area contributed by atoms with Crippen LogP contribution < -0.4 is 9.74 Å². The lowest BCUT2D eigenvalue weighted by atomic mass is 10.2. The molecule has 2 aromatic heterocycles. The number of hydrogen-bond donors (Lipinski definition) is 1. The Hall–Kier alpha value is -3.95. The number of carbonyl (C=O) groups excluding carboxylic acids is 1. The summed E-state index contributed by atoms with van der Waals surface area (Å²) in [7, 11) is 0. The number of amides is 1. The van der Waals surface area contributed by atoms with Crippen LogP contribution in [0.3, 0.4) is 0 Å². The summed E-state index contributed by atoms with van der Waals surface area (Å²) >= 11 is 0. The van der Waals surface area contributed by atoms with Crippen LogP contribution in [0.4, 0.5) is 10.5 Å². The van der Waals surface area contributed by atoms with Gasteiger partial charge in [0, 0.05) is 11.1 Å². The third-order valence-electron chi connectivity index (χ3n) is 4.33. The van der Waals surface area contributed by atoms with Crippen molar-refractivity contribution in [3.05, 3.63) is 66.1 Å². The molecule has 2 aromatic carbocycles. The molecule has 160 valence electrons. The molecular weight excluding hydrogens is 398 g/mol. The van der Waals surface area contributed by atoms with E-state index in [9.17, 15) is 4.79 Å². The van der Waals surface area contributed by atoms with E-state index in [0.717, 1.165) is 16.5 Å². The number of carbonyl (C=O) groups is 1. The van der Waals surface area contributed by atoms with Gasteiger partial charge in [-0.05, 0) is 44.5 Å². The van der Waals surface area contributed by atoms with E-state index in [2.05, 4.69) is 25.7 Å². The first-order valence-corrected chi connectivity index (χ1v) is 9.77. The van der Waals surface area contributed by atoms with Gasteiger partial charge in [-0.1, -0.05) is 40.4 Å². The van der Waals surface area contributed by atoms with Crippen LogP contribution in [-0.4, -0.2) is 42.3 Å². The molecule has 1 N–H and O–H groups in total. The molecular formula is C21H23N7O3. The van der Waals surface area contributed by atoms with Crippen LogP contribution in [0.15, 0.2) is 54.7 Å². The fourth-order valence-corrected chi connectivity index (χ4v) is 2.95. The highest BCUT2D eigenvalue weighted by atomic mass is 16.7. The Balaban J connectivity index is 1.58. The predicted octanol–water partition coefficient (Wildman–Crippen LogP) is 3.12. The van der Waals surface area contributed by atoms with Gasteiger partial charge in [-0.2, -0.15) is 5.21 Å². The van der Waals surface area contributed by atoms with Gasteiger partial charge in [0.2, 0.25) is 0 Å². The number of hydrogen-bond acceptors (Lipinski definition) is 7. The van der Waals surface area contributed by atoms with Crippen LogP contribution in [0, 0.1) is 0 Å². The first kappa shape index (κ1) is 20.3. The lowest BCUT2D eigenvalue weighted by molar-refractivity contribution is 0.0576. The summed E-state index contributed by atoms with van der Waals surface area (Å²) in [6, 6.07) is 15.3. The smallest absolute Gasteiger partial charge is 0.415 e. The van der Waals surface area contributed by atoms with Gasteiger partial charge in [0.05, 0.1) is 12.7 Å². The van der Waals surface area contributed by atoms with E-state index in [1.807, 2.05) is 63.2 Å². The largest absolute Gasteiger partial charge is 0.443 e. The average Bonchev–Trinajstić information content (AvgIpc) is 3.39. The molecule has 2 heterocycles. The standard InChI is InChI=1S/C21H23N7O3/c1-21(2,3)31-20(29)27(13-19-23-25-26-24-19)17-9-10-18-16(11-17)12-22-28(18)30-14-15-7-5-4-6-8-15/h4-12H,13-14H2,1-3H3,(H,23,24,25,26). The molecule has 0 aliphatic rings. The molecule has 31 heavy (non-hydrogen) atoms. The maximum absolute atomic E-state index is 12.9. The highest BCUT2D eigenvalue weighted by molar-refractivity contribution is 5.91. The lowest BCUT2D eigenvalue weighted by Gasteiger charge is -2.26. The summed E-state index contributed by atoms with van der Waals surface area (Å²) < 4.78 is 5.56. The van der Waals surface area contributed by atoms with E-state index in [1.54, 1.807) is 12.3 Å². The summed E-state index contributed by atoms with van der Waals surface area (Å²) in [6.07, 6.45) is 1.18. The van der Waals surface area contributed by atoms with Gasteiger partial charge < -0.3 is 9.57 Å². The Morgan fingerprint density at radius 3 is 2.68 bits per heavy atom. The maximum Gasteiger partial charge on any atom is 0.415 e. The topological polar surface area (TPSA) is 111 Å². The summed E-state index contributed by atoms with van der Waals surface area (Å²) in [5.41, 5.74) is 1.80. The van der Waals surface area contributed by atoms with Crippen LogP contribution >= 0.6 is 0 Å². The molecule has 10 nitrogen and oxygen atoms in total. The number of tetrazole rings is 1. The molecule has 4 aromatic rings. The van der Waals surface area contributed by atoms with Crippen LogP contribution in [0.25, 0.3) is 10.9 Å². The number of H-pyrrole nitrogens is 1. The SMILES string of the molecule is CC(C)(C)OC(=O)N(Cc1nn[nH]n1)c1ccc2c(cnn2OCc2ccccc2)c1. The Labute approximate surface area is 178 Å². The molecule has 0 saturated carbocycles. The first-order valence-electron chi connectivity index (χ1n) is 9.77. The molecule has 0 spiro atoms. The zero-order valence-electron chi connectivity index (χ0n) is 17.5. The van der Waals surface area contributed by atoms with Crippen molar-refractivity contribution in [1.29, 1.82) is 0 Å². The molecule has 0 unspecified atom stereocenters. The second-order valence-corrected chi connectivity index (χ2v) is 7.91. The Morgan fingerprint density at radius 1 is 1.16 bits per heavy atom. The van der Waals surface area contributed by atoms with E-state index in [-0.39, 0.29) is 6.54 Å². The summed E-state index contributed by atoms with van der Waals surface area (Å²) in [5.74, 6) is 0.368. The number of fused-ring (bicyclic) bond motifs is 1. The van der Waals surface area contributed by atoms with E-state index in [0.29, 0.717) is 18.1 Å². The van der Waals surface area contributed by atoms with Crippen LogP contribution in [0.5, 0.6) is 0 Å². The van der Waals surface area contributed by atoms with Gasteiger partial charge in [0.15, 0.2) is 5.82 Å². The number of aromatic nitrogens is 6. The maximum atomic E-state index is 12.9. The quantitative estimate of drug-likeness (QED) is 0.509. The summed E-state index contributed by atoms with van der Waals surface area (Å²) in [4.78, 5) is 21.6. The third kappa shape index (κ3) is 4.97. The summed E-state index contributed by atoms with van der Waals surface area (Å²) in [5, 5.41) is 19.0. The number of ether oxygens (including phenoxy) is 1. The highest BCUT2D eigenvalue weighted by Gasteiger charge is 2.25. The monoisotopic (exact) mass is 421 g/mol. The first-order chi connectivity index (χ1) is 14.9. The molecule has 1 amide bonds. The molecule has 0 aliphatic heterocycles. The van der Waals surface area contributed by atoms with Crippen molar-refractivity contribution < 1.29 is 14.4 Å². The van der Waals surface area contributed by atoms with E-state index in [1.165, 1.54) is 9.75 Å². The molecule has 0 radical (unpaired) electrons. The highest BCUT2D eigenvalue weighted by Crippen LogP contribution is 2.25. The Kier molecular flexibility index (Phi) is 5.52. The van der Waals surface area contributed by atoms with Gasteiger partial charge >= 0.3 is 6.09 Å². The fourth-order valence-electron chi connectivity index (χ4n) is 2.95. The van der Waals surface area contributed by atoms with Crippen molar-refractivity contribution in [2.45, 2.75) is 39.5 Å². The van der Waals surface area contributed by atoms with Crippen molar-refractivity contribution in [2.75, 3.05) is 4.90 Å². The average molecular weight is 421 g/mol. The molecule has 0 atom stereocenters. The molecule has 0 aliphatic carbocycles. The predicted molar refractivity (Wildman–Crippen MR) is 113 cm³/mol. The molecule has 10 heteroatoms. The molecule has 0 fully saturated rings. The minimum atomic E-state index is -0.646. The van der Waals surface area contributed by atoms with E-state index >= 15 is 0 Å². The number of benzene rings is 2. The van der Waals surface area contributed by atoms with Crippen molar-refractivity contribution >= 4 is 22.7 Å². The van der Waals surface area contributed by atoms with E-state index in [4.69, 9.17) is 9.57 Å². The zero-order valence-corrected chi connectivity index (χ0v) is 17.5. The zero-order chi connectivity index (χ0) is 21.8. The minimum Gasteiger partial charge on any atom is -0.443 e. The Morgan fingerprint density at radius 2 is 1.97 bits per heavy atom. The number of nitrogens with zero attached hydrogens (tertiary/aromatic N) is 6. The fraction of sp³-hybridized carbons (Fsp3) is 0.286.